The lowest BCUT2D eigenvalue weighted by Gasteiger charge is -2.08. The molecule has 0 aliphatic carbocycles. The number of methoxy groups -OCH3 is 2. The van der Waals surface area contributed by atoms with Gasteiger partial charge in [-0.05, 0) is 223 Å². The van der Waals surface area contributed by atoms with Crippen molar-refractivity contribution in [3.63, 3.8) is 0 Å². The molecule has 10 rings (SSSR count). The number of aromatic carboxylic acids is 4. The van der Waals surface area contributed by atoms with E-state index in [1.807, 2.05) is 143 Å². The molecular weight excluding hydrogens is 1500 g/mol. The van der Waals surface area contributed by atoms with Crippen LogP contribution in [0.1, 0.15) is 155 Å². The van der Waals surface area contributed by atoms with Gasteiger partial charge in [-0.2, -0.15) is 8.78 Å². The molecule has 0 spiro atoms. The molecule has 0 heterocycles. The summed E-state index contributed by atoms with van der Waals surface area (Å²) >= 11 is 5.88. The number of aromatic hydroxyl groups is 4. The van der Waals surface area contributed by atoms with Crippen molar-refractivity contribution < 1.29 is 111 Å². The largest absolute Gasteiger partial charge is 0.504 e. The van der Waals surface area contributed by atoms with Crippen LogP contribution in [0.15, 0.2) is 167 Å². The van der Waals surface area contributed by atoms with E-state index in [0.717, 1.165) is 99.2 Å². The summed E-state index contributed by atoms with van der Waals surface area (Å²) < 4.78 is 72.9. The zero-order valence-electron chi connectivity index (χ0n) is 66.3. The number of carbonyl (C=O) groups excluding carboxylic acids is 1. The van der Waals surface area contributed by atoms with Gasteiger partial charge in [-0.1, -0.05) is 129 Å². The molecule has 0 saturated carbocycles. The molecule has 0 saturated heterocycles. The van der Waals surface area contributed by atoms with Crippen molar-refractivity contribution in [2.75, 3.05) is 34.0 Å². The fourth-order valence-electron chi connectivity index (χ4n) is 10.1. The first kappa shape index (κ1) is 97.9. The molecule has 0 bridgehead atoms. The summed E-state index contributed by atoms with van der Waals surface area (Å²) in [6.07, 6.45) is 4.48. The number of phenols is 3. The molecule has 26 heteroatoms. The number of carboxylic acids is 4. The Morgan fingerprint density at radius 1 is 0.439 bits per heavy atom. The molecule has 0 unspecified atom stereocenters. The third kappa shape index (κ3) is 33.4. The lowest BCUT2D eigenvalue weighted by molar-refractivity contribution is -0.118. The van der Waals surface area contributed by atoms with Crippen LogP contribution < -0.4 is 34.5 Å². The molecule has 0 aliphatic rings. The molecule has 0 aromatic heterocycles. The van der Waals surface area contributed by atoms with Crippen LogP contribution >= 0.6 is 11.6 Å². The third-order valence-electron chi connectivity index (χ3n) is 15.7. The summed E-state index contributed by atoms with van der Waals surface area (Å²) in [4.78, 5) is 76.3. The summed E-state index contributed by atoms with van der Waals surface area (Å²) in [6.45, 7) is 22.2. The molecule has 0 amide bonds. The highest BCUT2D eigenvalue weighted by Crippen LogP contribution is 2.30. The molecule has 10 aromatic carbocycles. The van der Waals surface area contributed by atoms with Gasteiger partial charge in [-0.15, -0.1) is 0 Å². The average molecular weight is 1600 g/mol. The molecule has 114 heavy (non-hydrogen) atoms. The van der Waals surface area contributed by atoms with Crippen LogP contribution in [0.2, 0.25) is 5.02 Å². The number of alkyl halides is 2. The molecule has 21 nitrogen and oxygen atoms in total. The van der Waals surface area contributed by atoms with Crippen molar-refractivity contribution in [2.45, 2.75) is 135 Å². The minimum atomic E-state index is -3.02. The second-order valence-corrected chi connectivity index (χ2v) is 25.8. The average Bonchev–Trinajstić information content (AvgIpc) is 0.768. The topological polar surface area (TPSA) is 348 Å². The first-order valence-corrected chi connectivity index (χ1v) is 36.0. The van der Waals surface area contributed by atoms with E-state index in [-0.39, 0.29) is 58.5 Å². The molecule has 0 fully saturated rings. The monoisotopic (exact) mass is 1600 g/mol. The Hall–Kier alpha value is -12.2. The Morgan fingerprint density at radius 2 is 0.868 bits per heavy atom. The maximum Gasteiger partial charge on any atom is 0.387 e. The number of aliphatic hydroxyl groups excluding tert-OH is 1. The van der Waals surface area contributed by atoms with Gasteiger partial charge in [0.25, 0.3) is 5.43 Å². The van der Waals surface area contributed by atoms with Crippen molar-refractivity contribution in [1.29, 1.82) is 0 Å². The first-order valence-electron chi connectivity index (χ1n) is 35.6. The molecule has 0 aliphatic heterocycles. The van der Waals surface area contributed by atoms with Crippen LogP contribution in [0.4, 0.5) is 17.6 Å². The quantitative estimate of drug-likeness (QED) is 0.0238. The Bertz CT molecular complexity index is 4850. The van der Waals surface area contributed by atoms with Crippen molar-refractivity contribution in [1.82, 2.24) is 0 Å². The maximum absolute atomic E-state index is 12.4. The molecule has 0 radical (unpaired) electrons. The van der Waals surface area contributed by atoms with Crippen LogP contribution in [-0.2, 0) is 24.1 Å². The molecular formula is C88H99ClF4O21. The second kappa shape index (κ2) is 49.9. The lowest BCUT2D eigenvalue weighted by Crippen LogP contribution is -2.31. The van der Waals surface area contributed by atoms with Crippen molar-refractivity contribution >= 4 is 41.3 Å². The number of halogens is 5. The fourth-order valence-corrected chi connectivity index (χ4v) is 10.5. The smallest absolute Gasteiger partial charge is 0.387 e. The highest BCUT2D eigenvalue weighted by atomic mass is 35.5. The number of hydrogen-bond acceptors (Lipinski definition) is 17. The highest BCUT2D eigenvalue weighted by Gasteiger charge is 2.22. The highest BCUT2D eigenvalue weighted by molar-refractivity contribution is 6.33. The number of benzene rings is 9. The number of ketones is 1. The fraction of sp³-hybridized carbons (Fsp3) is 0.284. The van der Waals surface area contributed by atoms with Crippen molar-refractivity contribution in [3.05, 3.63) is 284 Å². The summed E-state index contributed by atoms with van der Waals surface area (Å²) in [5.41, 5.74) is 11.1. The summed E-state index contributed by atoms with van der Waals surface area (Å²) in [5, 5.41) is 80.2. The van der Waals surface area contributed by atoms with Crippen LogP contribution in [0.5, 0.6) is 51.7 Å². The van der Waals surface area contributed by atoms with Gasteiger partial charge < -0.3 is 69.6 Å². The molecule has 10 aromatic rings. The predicted octanol–water partition coefficient (Wildman–Crippen LogP) is 18.6. The van der Waals surface area contributed by atoms with Gasteiger partial charge in [-0.3, -0.25) is 14.4 Å². The van der Waals surface area contributed by atoms with Crippen LogP contribution in [-0.4, -0.2) is 116 Å². The zero-order valence-corrected chi connectivity index (χ0v) is 67.0. The number of phenolic OH excluding ortho intramolecular Hbond substituents is 3. The normalized spacial score (nSPS) is 10.0. The van der Waals surface area contributed by atoms with Gasteiger partial charge in [0.05, 0.1) is 49.1 Å². The molecule has 0 atom stereocenters. The third-order valence-corrected chi connectivity index (χ3v) is 16.0. The minimum Gasteiger partial charge on any atom is -0.504 e. The van der Waals surface area contributed by atoms with Crippen LogP contribution in [0.3, 0.4) is 0 Å². The number of Topliss-reactive ketones (excluding diaryl/α,β-unsaturated/α-hetero) is 1. The van der Waals surface area contributed by atoms with Crippen molar-refractivity contribution in [2.24, 2.45) is 0 Å². The van der Waals surface area contributed by atoms with E-state index in [2.05, 4.69) is 4.74 Å². The van der Waals surface area contributed by atoms with Gasteiger partial charge in [0.15, 0.2) is 46.1 Å². The number of hydrogen-bond donors (Lipinski definition) is 9. The SMILES string of the molecule is CCCC(=O)Cc1ccc(C)cc1OC.CCCc1cc(C)cc(Cl)c1C(=O)O.CCOc1cc(C)ccc1O.CCc1cc(C)ccc1C(=O)O.COc1cc(C)ccc1O.Cc1cc(F)c(O)c(F)c1.Cc1ccc(-c2c(O)c(=O)c2=O)cc1.Cc1ccc(C(=O)O)c(OC(F)F)c1.Cc1ccc(C(=O)O)c(OCCO)c1. The Balaban J connectivity index is 0.000000436. The maximum atomic E-state index is 12.4. The summed E-state index contributed by atoms with van der Waals surface area (Å²) in [7, 11) is 3.18. The van der Waals surface area contributed by atoms with Gasteiger partial charge in [0.2, 0.25) is 5.43 Å². The van der Waals surface area contributed by atoms with Gasteiger partial charge in [0.1, 0.15) is 40.8 Å². The summed E-state index contributed by atoms with van der Waals surface area (Å²) in [6, 6.07) is 43.5. The number of ether oxygens (including phenoxy) is 5. The van der Waals surface area contributed by atoms with E-state index in [4.69, 9.17) is 66.3 Å². The molecule has 612 valence electrons. The minimum absolute atomic E-state index is 0.101. The number of carboxylic acid groups (broad SMARTS) is 4. The van der Waals surface area contributed by atoms with E-state index in [1.165, 1.54) is 31.4 Å². The van der Waals surface area contributed by atoms with E-state index >= 15 is 0 Å². The summed E-state index contributed by atoms with van der Waals surface area (Å²) in [5.74, 6) is -4.71. The van der Waals surface area contributed by atoms with Gasteiger partial charge in [0, 0.05) is 18.4 Å². The van der Waals surface area contributed by atoms with Gasteiger partial charge in [-0.25, -0.2) is 28.0 Å². The Labute approximate surface area is 665 Å². The second-order valence-electron chi connectivity index (χ2n) is 25.4. The van der Waals surface area contributed by atoms with E-state index in [0.29, 0.717) is 64.0 Å². The Morgan fingerprint density at radius 3 is 1.32 bits per heavy atom. The van der Waals surface area contributed by atoms with Crippen LogP contribution in [0.25, 0.3) is 11.1 Å². The molecule has 9 N–H and O–H groups in total. The number of rotatable bonds is 21. The van der Waals surface area contributed by atoms with E-state index < -0.39 is 64.5 Å². The number of aliphatic hydroxyl groups is 1. The predicted molar refractivity (Wildman–Crippen MR) is 431 cm³/mol. The zero-order chi connectivity index (χ0) is 86.2. The van der Waals surface area contributed by atoms with Crippen LogP contribution in [0, 0.1) is 73.9 Å². The number of carbonyl (C=O) groups is 5. The van der Waals surface area contributed by atoms with E-state index in [9.17, 15) is 61.3 Å². The standard InChI is InChI=1S/C13H18O2.C11H13ClO2.C11H8O3.C10H12O4.C10H12O2.C9H8F2O3.C9H12O2.C8H10O2.C7H6F2O/c1-4-5-12(14)9-11-7-6-10(2)8-13(11)15-3;1-3-4-8-5-7(2)6-9(12)10(8)11(13)14;1-6-2-4-7(5-3-6)8-9(12)11(14)10(8)13;1-7-2-3-8(10(12)13)9(6-7)14-5-4-11;1-3-8-6-7(2)4-5-9(8)10(11)12;1-5-2-3-6(8(12)13)7(4-5)14-9(10)11;1-3-11-9-6-7(2)4-5-8(9)10;1-6-3-4-7(9)8(5-6)10-2;1-4-2-5(8)7(10)6(9)3-4/h6-8H,4-5,9H2,1-3H3;5-6H,3-4H2,1-2H3,(H,13,14);2-5,12H,1H3;2-3,6,11H,4-5H2,1H3,(H,12,13);4-6H,3H2,1-2H3,(H,11,12);2-4,9H,1H3,(H,12,13);4-6,10H,3H2,1-2H3;3-5,9H,1-2H3;2-3,10H,1H3. The van der Waals surface area contributed by atoms with E-state index in [1.54, 1.807) is 75.6 Å². The lowest BCUT2D eigenvalue weighted by atomic mass is 9.99. The first-order chi connectivity index (χ1) is 53.7. The van der Waals surface area contributed by atoms with Crippen molar-refractivity contribution in [3.8, 4) is 62.9 Å². The van der Waals surface area contributed by atoms with Gasteiger partial charge >= 0.3 is 30.5 Å². The number of aryl methyl sites for hydroxylation is 11. The Kier molecular flexibility index (Phi) is 42.8.